The standard InChI is InChI=1S/C12H14F3N3O2/c1-11(16)6-18(7-11)10(19)17-8-2-4-9(5-3-8)20-12(13,14)15/h2-5H,6-7,16H2,1H3,(H,17,19). The van der Waals surface area contributed by atoms with Crippen LogP contribution in [0.5, 0.6) is 5.75 Å². The number of hydrogen-bond donors (Lipinski definition) is 2. The lowest BCUT2D eigenvalue weighted by Gasteiger charge is -2.45. The first-order chi connectivity index (χ1) is 9.15. The number of carbonyl (C=O) groups excluding carboxylic acids is 1. The summed E-state index contributed by atoms with van der Waals surface area (Å²) < 4.78 is 39.6. The highest BCUT2D eigenvalue weighted by molar-refractivity contribution is 5.90. The largest absolute Gasteiger partial charge is 0.573 e. The van der Waals surface area contributed by atoms with Gasteiger partial charge in [0.25, 0.3) is 0 Å². The Morgan fingerprint density at radius 3 is 2.35 bits per heavy atom. The summed E-state index contributed by atoms with van der Waals surface area (Å²) in [6.45, 7) is 2.71. The van der Waals surface area contributed by atoms with Crippen molar-refractivity contribution in [3.05, 3.63) is 24.3 Å². The monoisotopic (exact) mass is 289 g/mol. The summed E-state index contributed by atoms with van der Waals surface area (Å²) >= 11 is 0. The second-order valence-corrected chi connectivity index (χ2v) is 5.01. The molecular formula is C12H14F3N3O2. The van der Waals surface area contributed by atoms with E-state index in [0.717, 1.165) is 12.1 Å². The molecule has 1 aromatic rings. The molecule has 1 fully saturated rings. The fourth-order valence-electron chi connectivity index (χ4n) is 1.91. The lowest BCUT2D eigenvalue weighted by molar-refractivity contribution is -0.274. The fraction of sp³-hybridized carbons (Fsp3) is 0.417. The smallest absolute Gasteiger partial charge is 0.406 e. The summed E-state index contributed by atoms with van der Waals surface area (Å²) in [7, 11) is 0. The van der Waals surface area contributed by atoms with Crippen LogP contribution in [-0.2, 0) is 0 Å². The van der Waals surface area contributed by atoms with Gasteiger partial charge < -0.3 is 20.7 Å². The topological polar surface area (TPSA) is 67.6 Å². The first-order valence-corrected chi connectivity index (χ1v) is 5.85. The highest BCUT2D eigenvalue weighted by atomic mass is 19.4. The van der Waals surface area contributed by atoms with Gasteiger partial charge >= 0.3 is 12.4 Å². The van der Waals surface area contributed by atoms with Crippen molar-refractivity contribution in [3.63, 3.8) is 0 Å². The van der Waals surface area contributed by atoms with Crippen molar-refractivity contribution < 1.29 is 22.7 Å². The number of anilines is 1. The summed E-state index contributed by atoms with van der Waals surface area (Å²) in [5, 5.41) is 2.57. The van der Waals surface area contributed by atoms with Crippen molar-refractivity contribution in [1.82, 2.24) is 4.90 Å². The average molecular weight is 289 g/mol. The van der Waals surface area contributed by atoms with Crippen LogP contribution in [0.2, 0.25) is 0 Å². The van der Waals surface area contributed by atoms with E-state index in [1.165, 1.54) is 17.0 Å². The van der Waals surface area contributed by atoms with Gasteiger partial charge in [-0.3, -0.25) is 0 Å². The Hall–Kier alpha value is -1.96. The summed E-state index contributed by atoms with van der Waals surface area (Å²) in [6.07, 6.45) is -4.73. The number of alkyl halides is 3. The van der Waals surface area contributed by atoms with Crippen LogP contribution >= 0.6 is 0 Å². The fourth-order valence-corrected chi connectivity index (χ4v) is 1.91. The van der Waals surface area contributed by atoms with Crippen LogP contribution in [-0.4, -0.2) is 35.9 Å². The summed E-state index contributed by atoms with van der Waals surface area (Å²) in [5.74, 6) is -0.339. The molecule has 8 heteroatoms. The van der Waals surface area contributed by atoms with Crippen LogP contribution < -0.4 is 15.8 Å². The van der Waals surface area contributed by atoms with Crippen molar-refractivity contribution in [2.24, 2.45) is 5.73 Å². The highest BCUT2D eigenvalue weighted by Crippen LogP contribution is 2.24. The molecule has 0 spiro atoms. The highest BCUT2D eigenvalue weighted by Gasteiger charge is 2.37. The number of nitrogens with two attached hydrogens (primary N) is 1. The van der Waals surface area contributed by atoms with Gasteiger partial charge in [-0.1, -0.05) is 0 Å². The second-order valence-electron chi connectivity index (χ2n) is 5.01. The minimum atomic E-state index is -4.73. The van der Waals surface area contributed by atoms with E-state index >= 15 is 0 Å². The number of rotatable bonds is 2. The number of benzene rings is 1. The van der Waals surface area contributed by atoms with Gasteiger partial charge in [0.15, 0.2) is 0 Å². The maximum Gasteiger partial charge on any atom is 0.573 e. The van der Waals surface area contributed by atoms with Crippen molar-refractivity contribution in [2.75, 3.05) is 18.4 Å². The van der Waals surface area contributed by atoms with Gasteiger partial charge in [0.2, 0.25) is 0 Å². The molecular weight excluding hydrogens is 275 g/mol. The number of halogens is 3. The molecule has 20 heavy (non-hydrogen) atoms. The number of carbonyl (C=O) groups is 1. The van der Waals surface area contributed by atoms with E-state index in [0.29, 0.717) is 18.8 Å². The molecule has 1 aliphatic rings. The van der Waals surface area contributed by atoms with Gasteiger partial charge in [-0.15, -0.1) is 13.2 Å². The molecule has 0 atom stereocenters. The van der Waals surface area contributed by atoms with Crippen LogP contribution in [0.4, 0.5) is 23.7 Å². The molecule has 2 amide bonds. The third-order valence-corrected chi connectivity index (χ3v) is 2.73. The van der Waals surface area contributed by atoms with Crippen molar-refractivity contribution >= 4 is 11.7 Å². The third-order valence-electron chi connectivity index (χ3n) is 2.73. The molecule has 0 bridgehead atoms. The van der Waals surface area contributed by atoms with Gasteiger partial charge in [0.1, 0.15) is 5.75 Å². The average Bonchev–Trinajstić information content (AvgIpc) is 2.26. The number of nitrogens with zero attached hydrogens (tertiary/aromatic N) is 1. The minimum Gasteiger partial charge on any atom is -0.406 e. The van der Waals surface area contributed by atoms with Gasteiger partial charge in [-0.25, -0.2) is 4.79 Å². The quantitative estimate of drug-likeness (QED) is 0.876. The first-order valence-electron chi connectivity index (χ1n) is 5.85. The van der Waals surface area contributed by atoms with E-state index in [4.69, 9.17) is 5.73 Å². The zero-order valence-electron chi connectivity index (χ0n) is 10.7. The maximum atomic E-state index is 12.0. The zero-order valence-corrected chi connectivity index (χ0v) is 10.7. The molecule has 0 aliphatic carbocycles. The van der Waals surface area contributed by atoms with Crippen molar-refractivity contribution in [2.45, 2.75) is 18.8 Å². The van der Waals surface area contributed by atoms with E-state index in [2.05, 4.69) is 10.1 Å². The Bertz CT molecular complexity index is 492. The summed E-state index contributed by atoms with van der Waals surface area (Å²) in [6, 6.07) is 4.59. The van der Waals surface area contributed by atoms with Gasteiger partial charge in [0, 0.05) is 24.3 Å². The molecule has 1 heterocycles. The normalized spacial score (nSPS) is 17.4. The number of ether oxygens (including phenoxy) is 1. The molecule has 1 aromatic carbocycles. The number of likely N-dealkylation sites (tertiary alicyclic amines) is 1. The Kier molecular flexibility index (Phi) is 3.51. The lowest BCUT2D eigenvalue weighted by atomic mass is 9.94. The molecule has 110 valence electrons. The van der Waals surface area contributed by atoms with E-state index in [1.54, 1.807) is 0 Å². The van der Waals surface area contributed by atoms with Crippen molar-refractivity contribution in [3.8, 4) is 5.75 Å². The molecule has 0 saturated carbocycles. The number of hydrogen-bond acceptors (Lipinski definition) is 3. The Morgan fingerprint density at radius 1 is 1.35 bits per heavy atom. The van der Waals surface area contributed by atoms with Gasteiger partial charge in [0.05, 0.1) is 0 Å². The van der Waals surface area contributed by atoms with E-state index in [1.807, 2.05) is 6.92 Å². The molecule has 5 nitrogen and oxygen atoms in total. The third kappa shape index (κ3) is 3.77. The maximum absolute atomic E-state index is 12.0. The van der Waals surface area contributed by atoms with Crippen LogP contribution in [0.1, 0.15) is 6.92 Å². The Morgan fingerprint density at radius 2 is 1.90 bits per heavy atom. The molecule has 0 radical (unpaired) electrons. The number of nitrogens with one attached hydrogen (secondary N) is 1. The van der Waals surface area contributed by atoms with E-state index in [9.17, 15) is 18.0 Å². The predicted octanol–water partition coefficient (Wildman–Crippen LogP) is 2.15. The molecule has 0 unspecified atom stereocenters. The lowest BCUT2D eigenvalue weighted by Crippen LogP contribution is -2.67. The van der Waals surface area contributed by atoms with Gasteiger partial charge in [-0.05, 0) is 31.2 Å². The SMILES string of the molecule is CC1(N)CN(C(=O)Nc2ccc(OC(F)(F)F)cc2)C1. The summed E-state index contributed by atoms with van der Waals surface area (Å²) in [5.41, 5.74) is 5.79. The summed E-state index contributed by atoms with van der Waals surface area (Å²) in [4.78, 5) is 13.3. The number of amides is 2. The molecule has 1 saturated heterocycles. The van der Waals surface area contributed by atoms with Crippen LogP contribution in [0.15, 0.2) is 24.3 Å². The van der Waals surface area contributed by atoms with Crippen molar-refractivity contribution in [1.29, 1.82) is 0 Å². The zero-order chi connectivity index (χ0) is 15.0. The molecule has 0 aromatic heterocycles. The van der Waals surface area contributed by atoms with Gasteiger partial charge in [-0.2, -0.15) is 0 Å². The molecule has 1 aliphatic heterocycles. The number of urea groups is 1. The molecule has 2 rings (SSSR count). The Balaban J connectivity index is 1.89. The van der Waals surface area contributed by atoms with E-state index < -0.39 is 6.36 Å². The van der Waals surface area contributed by atoms with Crippen LogP contribution in [0, 0.1) is 0 Å². The minimum absolute atomic E-state index is 0.336. The van der Waals surface area contributed by atoms with E-state index in [-0.39, 0.29) is 17.3 Å². The predicted molar refractivity (Wildman–Crippen MR) is 66.3 cm³/mol. The first kappa shape index (κ1) is 14.4. The van der Waals surface area contributed by atoms with Crippen LogP contribution in [0.3, 0.4) is 0 Å². The van der Waals surface area contributed by atoms with Crippen LogP contribution in [0.25, 0.3) is 0 Å². The molecule has 3 N–H and O–H groups in total. The Labute approximate surface area is 113 Å². The second kappa shape index (κ2) is 4.86.